The van der Waals surface area contributed by atoms with Crippen LogP contribution >= 0.6 is 0 Å². The number of ether oxygens (including phenoxy) is 1. The summed E-state index contributed by atoms with van der Waals surface area (Å²) in [4.78, 5) is 23.6. The van der Waals surface area contributed by atoms with Gasteiger partial charge in [0.25, 0.3) is 5.91 Å². The molecule has 96 valence electrons. The lowest BCUT2D eigenvalue weighted by Gasteiger charge is -2.04. The van der Waals surface area contributed by atoms with E-state index < -0.39 is 5.97 Å². The predicted molar refractivity (Wildman–Crippen MR) is 67.8 cm³/mol. The number of nitrogens with one attached hydrogen (secondary N) is 1. The molecule has 0 spiro atoms. The molecule has 1 aromatic rings. The third-order valence-electron chi connectivity index (χ3n) is 2.85. The molecule has 0 aromatic heterocycles. The summed E-state index contributed by atoms with van der Waals surface area (Å²) in [5, 5.41) is 11.7. The van der Waals surface area contributed by atoms with E-state index >= 15 is 0 Å². The number of carbonyl (C=O) groups is 2. The topological polar surface area (TPSA) is 79.2 Å². The smallest absolute Gasteiger partial charge is 0.351 e. The standard InChI is InChI=1S/C14H12N2O3/c1-3-19-14(18)10(7-15)12-9-6-4-5-8(2)11(9)13(17)16-12/h4-6H,3H2,1-2H3,(H,16,17)/b12-10-. The molecule has 19 heavy (non-hydrogen) atoms. The first kappa shape index (κ1) is 12.8. The van der Waals surface area contributed by atoms with Crippen LogP contribution < -0.4 is 5.32 Å². The highest BCUT2D eigenvalue weighted by Gasteiger charge is 2.30. The molecule has 2 rings (SSSR count). The molecule has 0 bridgehead atoms. The SMILES string of the molecule is CCOC(=O)/C(C#N)=C1\NC(=O)c2c(C)cccc21. The van der Waals surface area contributed by atoms with Gasteiger partial charge in [-0.15, -0.1) is 0 Å². The number of amides is 1. The molecule has 1 aliphatic rings. The maximum atomic E-state index is 11.9. The highest BCUT2D eigenvalue weighted by atomic mass is 16.5. The van der Waals surface area contributed by atoms with Gasteiger partial charge in [0.05, 0.1) is 17.9 Å². The summed E-state index contributed by atoms with van der Waals surface area (Å²) in [6.45, 7) is 3.63. The molecule has 1 heterocycles. The van der Waals surface area contributed by atoms with E-state index in [0.29, 0.717) is 11.1 Å². The molecule has 0 aliphatic carbocycles. The number of fused-ring (bicyclic) bond motifs is 1. The van der Waals surface area contributed by atoms with E-state index in [9.17, 15) is 9.59 Å². The minimum Gasteiger partial charge on any atom is -0.462 e. The van der Waals surface area contributed by atoms with Gasteiger partial charge >= 0.3 is 5.97 Å². The second-order valence-corrected chi connectivity index (χ2v) is 4.03. The van der Waals surface area contributed by atoms with Crippen LogP contribution in [0.25, 0.3) is 5.70 Å². The fourth-order valence-corrected chi connectivity index (χ4v) is 2.02. The summed E-state index contributed by atoms with van der Waals surface area (Å²) >= 11 is 0. The van der Waals surface area contributed by atoms with Crippen LogP contribution in [0.5, 0.6) is 0 Å². The number of nitrogens with zero attached hydrogens (tertiary/aromatic N) is 1. The van der Waals surface area contributed by atoms with Crippen molar-refractivity contribution in [2.24, 2.45) is 0 Å². The Bertz CT molecular complexity index is 639. The highest BCUT2D eigenvalue weighted by Crippen LogP contribution is 2.29. The van der Waals surface area contributed by atoms with Crippen LogP contribution in [0, 0.1) is 18.3 Å². The second kappa shape index (κ2) is 4.94. The van der Waals surface area contributed by atoms with Crippen LogP contribution in [0.4, 0.5) is 0 Å². The lowest BCUT2D eigenvalue weighted by atomic mass is 10.0. The van der Waals surface area contributed by atoms with Crippen LogP contribution in [-0.2, 0) is 9.53 Å². The zero-order chi connectivity index (χ0) is 14.0. The lowest BCUT2D eigenvalue weighted by molar-refractivity contribution is -0.137. The van der Waals surface area contributed by atoms with Crippen LogP contribution in [0.15, 0.2) is 23.8 Å². The Morgan fingerprint density at radius 3 is 2.84 bits per heavy atom. The Balaban J connectivity index is 2.61. The molecule has 0 saturated heterocycles. The summed E-state index contributed by atoms with van der Waals surface area (Å²) in [5.41, 5.74) is 1.90. The van der Waals surface area contributed by atoms with Gasteiger partial charge in [0, 0.05) is 5.56 Å². The number of nitriles is 1. The monoisotopic (exact) mass is 256 g/mol. The van der Waals surface area contributed by atoms with Crippen molar-refractivity contribution in [3.8, 4) is 6.07 Å². The van der Waals surface area contributed by atoms with Gasteiger partial charge in [-0.3, -0.25) is 4.79 Å². The van der Waals surface area contributed by atoms with Crippen molar-refractivity contribution in [3.05, 3.63) is 40.5 Å². The molecule has 5 nitrogen and oxygen atoms in total. The van der Waals surface area contributed by atoms with Crippen LogP contribution in [0.3, 0.4) is 0 Å². The quantitative estimate of drug-likeness (QED) is 0.494. The minimum absolute atomic E-state index is 0.173. The van der Waals surface area contributed by atoms with Crippen molar-refractivity contribution in [3.63, 3.8) is 0 Å². The number of aryl methyl sites for hydroxylation is 1. The van der Waals surface area contributed by atoms with E-state index in [1.807, 2.05) is 0 Å². The van der Waals surface area contributed by atoms with Crippen molar-refractivity contribution >= 4 is 17.6 Å². The normalized spacial score (nSPS) is 15.3. The van der Waals surface area contributed by atoms with Crippen molar-refractivity contribution in [1.82, 2.24) is 5.32 Å². The van der Waals surface area contributed by atoms with Crippen LogP contribution in [0.2, 0.25) is 0 Å². The Hall–Kier alpha value is -2.61. The van der Waals surface area contributed by atoms with Gasteiger partial charge in [-0.1, -0.05) is 18.2 Å². The third kappa shape index (κ3) is 2.08. The van der Waals surface area contributed by atoms with E-state index in [-0.39, 0.29) is 23.8 Å². The van der Waals surface area contributed by atoms with Crippen LogP contribution in [-0.4, -0.2) is 18.5 Å². The van der Waals surface area contributed by atoms with Gasteiger partial charge in [-0.25, -0.2) is 4.79 Å². The van der Waals surface area contributed by atoms with Crippen molar-refractivity contribution in [2.45, 2.75) is 13.8 Å². The zero-order valence-electron chi connectivity index (χ0n) is 10.6. The van der Waals surface area contributed by atoms with E-state index in [2.05, 4.69) is 5.32 Å². The summed E-state index contributed by atoms with van der Waals surface area (Å²) < 4.78 is 4.82. The molecule has 5 heteroatoms. The fraction of sp³-hybridized carbons (Fsp3) is 0.214. The molecule has 0 saturated carbocycles. The van der Waals surface area contributed by atoms with Gasteiger partial charge in [0.15, 0.2) is 5.57 Å². The number of hydrogen-bond acceptors (Lipinski definition) is 4. The molecule has 0 radical (unpaired) electrons. The summed E-state index contributed by atoms with van der Waals surface area (Å²) in [6.07, 6.45) is 0. The third-order valence-corrected chi connectivity index (χ3v) is 2.85. The number of benzene rings is 1. The van der Waals surface area contributed by atoms with Gasteiger partial charge in [-0.05, 0) is 19.4 Å². The molecule has 0 atom stereocenters. The first-order valence-electron chi connectivity index (χ1n) is 5.83. The van der Waals surface area contributed by atoms with E-state index in [4.69, 9.17) is 10.00 Å². The largest absolute Gasteiger partial charge is 0.462 e. The summed E-state index contributed by atoms with van der Waals surface area (Å²) in [6, 6.07) is 7.08. The molecule has 0 unspecified atom stereocenters. The first-order valence-corrected chi connectivity index (χ1v) is 5.83. The zero-order valence-corrected chi connectivity index (χ0v) is 10.6. The Labute approximate surface area is 110 Å². The maximum absolute atomic E-state index is 11.9. The van der Waals surface area contributed by atoms with Crippen molar-refractivity contribution in [1.29, 1.82) is 5.26 Å². The average Bonchev–Trinajstić information content (AvgIpc) is 2.70. The summed E-state index contributed by atoms with van der Waals surface area (Å²) in [5.74, 6) is -1.03. The maximum Gasteiger partial charge on any atom is 0.351 e. The summed E-state index contributed by atoms with van der Waals surface area (Å²) in [7, 11) is 0. The second-order valence-electron chi connectivity index (χ2n) is 4.03. The molecule has 1 aliphatic heterocycles. The minimum atomic E-state index is -0.727. The first-order chi connectivity index (χ1) is 9.10. The van der Waals surface area contributed by atoms with Gasteiger partial charge in [0.2, 0.25) is 0 Å². The number of esters is 1. The van der Waals surface area contributed by atoms with Crippen LogP contribution in [0.1, 0.15) is 28.4 Å². The van der Waals surface area contributed by atoms with Crippen molar-refractivity contribution < 1.29 is 14.3 Å². The van der Waals surface area contributed by atoms with Gasteiger partial charge < -0.3 is 10.1 Å². The van der Waals surface area contributed by atoms with E-state index in [0.717, 1.165) is 5.56 Å². The van der Waals surface area contributed by atoms with Crippen molar-refractivity contribution in [2.75, 3.05) is 6.61 Å². The predicted octanol–water partition coefficient (Wildman–Crippen LogP) is 1.54. The number of rotatable bonds is 2. The molecule has 1 amide bonds. The average molecular weight is 256 g/mol. The number of hydrogen-bond donors (Lipinski definition) is 1. The van der Waals surface area contributed by atoms with Gasteiger partial charge in [-0.2, -0.15) is 5.26 Å². The Morgan fingerprint density at radius 2 is 2.21 bits per heavy atom. The Kier molecular flexibility index (Phi) is 3.34. The van der Waals surface area contributed by atoms with E-state index in [1.54, 1.807) is 38.1 Å². The molecule has 1 N–H and O–H groups in total. The fourth-order valence-electron chi connectivity index (χ4n) is 2.02. The van der Waals surface area contributed by atoms with Gasteiger partial charge in [0.1, 0.15) is 6.07 Å². The molecular formula is C14H12N2O3. The molecule has 1 aromatic carbocycles. The highest BCUT2D eigenvalue weighted by molar-refractivity contribution is 6.15. The molecular weight excluding hydrogens is 244 g/mol. The molecule has 0 fully saturated rings. The van der Waals surface area contributed by atoms with E-state index in [1.165, 1.54) is 0 Å². The Morgan fingerprint density at radius 1 is 1.47 bits per heavy atom. The number of carbonyl (C=O) groups excluding carboxylic acids is 2. The lowest BCUT2D eigenvalue weighted by Crippen LogP contribution is -2.17.